The summed E-state index contributed by atoms with van der Waals surface area (Å²) in [6, 6.07) is 6.19. The van der Waals surface area contributed by atoms with Gasteiger partial charge in [-0.05, 0) is 35.8 Å². The van der Waals surface area contributed by atoms with Gasteiger partial charge in [-0.25, -0.2) is 0 Å². The molecule has 1 fully saturated rings. The van der Waals surface area contributed by atoms with E-state index in [9.17, 15) is 5.11 Å². The lowest BCUT2D eigenvalue weighted by molar-refractivity contribution is -0.0567. The number of benzene rings is 1. The molecule has 0 amide bonds. The number of morpholine rings is 1. The van der Waals surface area contributed by atoms with Gasteiger partial charge in [-0.1, -0.05) is 12.1 Å². The molecule has 1 saturated heterocycles. The van der Waals surface area contributed by atoms with Crippen LogP contribution in [0.15, 0.2) is 22.7 Å². The zero-order valence-electron chi connectivity index (χ0n) is 12.0. The van der Waals surface area contributed by atoms with Gasteiger partial charge in [-0.15, -0.1) is 0 Å². The number of hydrogen-bond donors (Lipinski definition) is 1. The number of ether oxygens (including phenoxy) is 2. The molecule has 0 bridgehead atoms. The van der Waals surface area contributed by atoms with Crippen LogP contribution in [-0.2, 0) is 11.3 Å². The van der Waals surface area contributed by atoms with E-state index in [1.54, 1.807) is 0 Å². The second-order valence-corrected chi connectivity index (χ2v) is 6.13. The first-order valence-corrected chi connectivity index (χ1v) is 7.77. The average molecular weight is 344 g/mol. The first kappa shape index (κ1) is 15.8. The SMILES string of the molecule is CC(C)N1CCOC(COc2c(Br)cccc2CO)C1. The van der Waals surface area contributed by atoms with Crippen molar-refractivity contribution in [2.45, 2.75) is 32.6 Å². The topological polar surface area (TPSA) is 41.9 Å². The van der Waals surface area contributed by atoms with E-state index in [0.717, 1.165) is 29.7 Å². The molecule has 1 unspecified atom stereocenters. The highest BCUT2D eigenvalue weighted by atomic mass is 79.9. The van der Waals surface area contributed by atoms with Crippen molar-refractivity contribution in [3.63, 3.8) is 0 Å². The maximum atomic E-state index is 9.35. The summed E-state index contributed by atoms with van der Waals surface area (Å²) in [5, 5.41) is 9.35. The van der Waals surface area contributed by atoms with Crippen LogP contribution in [0.25, 0.3) is 0 Å². The standard InChI is InChI=1S/C15H22BrNO3/c1-11(2)17-6-7-19-13(8-17)10-20-15-12(9-18)4-3-5-14(15)16/h3-5,11,13,18H,6-10H2,1-2H3. The molecule has 4 nitrogen and oxygen atoms in total. The summed E-state index contributed by atoms with van der Waals surface area (Å²) in [4.78, 5) is 2.39. The van der Waals surface area contributed by atoms with Crippen molar-refractivity contribution in [2.24, 2.45) is 0 Å². The van der Waals surface area contributed by atoms with Crippen molar-refractivity contribution in [3.05, 3.63) is 28.2 Å². The van der Waals surface area contributed by atoms with E-state index in [0.29, 0.717) is 18.4 Å². The summed E-state index contributed by atoms with van der Waals surface area (Å²) in [5.74, 6) is 0.709. The van der Waals surface area contributed by atoms with Crippen LogP contribution in [0.5, 0.6) is 5.75 Å². The lowest BCUT2D eigenvalue weighted by Gasteiger charge is -2.35. The number of halogens is 1. The van der Waals surface area contributed by atoms with E-state index in [1.807, 2.05) is 18.2 Å². The summed E-state index contributed by atoms with van der Waals surface area (Å²) >= 11 is 3.46. The van der Waals surface area contributed by atoms with Gasteiger partial charge in [0, 0.05) is 24.7 Å². The van der Waals surface area contributed by atoms with Crippen LogP contribution in [0, 0.1) is 0 Å². The lowest BCUT2D eigenvalue weighted by atomic mass is 10.2. The number of aliphatic hydroxyl groups excluding tert-OH is 1. The number of nitrogens with zero attached hydrogens (tertiary/aromatic N) is 1. The molecule has 1 atom stereocenters. The summed E-state index contributed by atoms with van der Waals surface area (Å²) < 4.78 is 12.5. The van der Waals surface area contributed by atoms with Crippen LogP contribution < -0.4 is 4.74 Å². The second kappa shape index (κ2) is 7.41. The number of para-hydroxylation sites is 1. The fourth-order valence-electron chi connectivity index (χ4n) is 2.33. The minimum atomic E-state index is -0.0293. The predicted molar refractivity (Wildman–Crippen MR) is 82.0 cm³/mol. The quantitative estimate of drug-likeness (QED) is 0.891. The number of hydrogen-bond acceptors (Lipinski definition) is 4. The molecule has 112 valence electrons. The molecule has 1 aliphatic heterocycles. The molecule has 5 heteroatoms. The molecule has 0 aliphatic carbocycles. The fraction of sp³-hybridized carbons (Fsp3) is 0.600. The normalized spacial score (nSPS) is 20.4. The van der Waals surface area contributed by atoms with E-state index in [2.05, 4.69) is 34.7 Å². The van der Waals surface area contributed by atoms with E-state index < -0.39 is 0 Å². The van der Waals surface area contributed by atoms with Crippen LogP contribution >= 0.6 is 15.9 Å². The second-order valence-electron chi connectivity index (χ2n) is 5.28. The minimum absolute atomic E-state index is 0.0293. The van der Waals surface area contributed by atoms with Crippen molar-refractivity contribution >= 4 is 15.9 Å². The third kappa shape index (κ3) is 3.95. The van der Waals surface area contributed by atoms with Crippen LogP contribution in [-0.4, -0.2) is 48.5 Å². The van der Waals surface area contributed by atoms with Gasteiger partial charge in [-0.3, -0.25) is 4.90 Å². The fourth-order valence-corrected chi connectivity index (χ4v) is 2.85. The third-order valence-corrected chi connectivity index (χ3v) is 4.16. The number of aliphatic hydroxyl groups is 1. The molecule has 1 aromatic rings. The highest BCUT2D eigenvalue weighted by Crippen LogP contribution is 2.29. The summed E-state index contributed by atoms with van der Waals surface area (Å²) in [6.45, 7) is 7.47. The maximum absolute atomic E-state index is 9.35. The lowest BCUT2D eigenvalue weighted by Crippen LogP contribution is -2.47. The van der Waals surface area contributed by atoms with Gasteiger partial charge in [0.1, 0.15) is 18.5 Å². The Balaban J connectivity index is 1.95. The predicted octanol–water partition coefficient (Wildman–Crippen LogP) is 2.43. The largest absolute Gasteiger partial charge is 0.489 e. The van der Waals surface area contributed by atoms with Crippen LogP contribution in [0.2, 0.25) is 0 Å². The molecule has 0 saturated carbocycles. The molecule has 0 aromatic heterocycles. The smallest absolute Gasteiger partial charge is 0.139 e. The van der Waals surface area contributed by atoms with E-state index in [1.165, 1.54) is 0 Å². The molecule has 1 aromatic carbocycles. The molecular formula is C15H22BrNO3. The molecule has 0 radical (unpaired) electrons. The minimum Gasteiger partial charge on any atom is -0.489 e. The summed E-state index contributed by atoms with van der Waals surface area (Å²) in [6.07, 6.45) is 0.0739. The first-order valence-electron chi connectivity index (χ1n) is 6.98. The zero-order chi connectivity index (χ0) is 14.5. The zero-order valence-corrected chi connectivity index (χ0v) is 13.6. The van der Waals surface area contributed by atoms with Gasteiger partial charge in [-0.2, -0.15) is 0 Å². The van der Waals surface area contributed by atoms with Gasteiger partial charge < -0.3 is 14.6 Å². The first-order chi connectivity index (χ1) is 9.61. The summed E-state index contributed by atoms with van der Waals surface area (Å²) in [5.41, 5.74) is 0.788. The Morgan fingerprint density at radius 1 is 1.50 bits per heavy atom. The van der Waals surface area contributed by atoms with E-state index in [-0.39, 0.29) is 12.7 Å². The van der Waals surface area contributed by atoms with Crippen molar-refractivity contribution in [1.29, 1.82) is 0 Å². The average Bonchev–Trinajstić information content (AvgIpc) is 2.46. The Kier molecular flexibility index (Phi) is 5.84. The Labute approximate surface area is 128 Å². The van der Waals surface area contributed by atoms with Gasteiger partial charge in [0.15, 0.2) is 0 Å². The van der Waals surface area contributed by atoms with E-state index in [4.69, 9.17) is 9.47 Å². The highest BCUT2D eigenvalue weighted by Gasteiger charge is 2.23. The van der Waals surface area contributed by atoms with Gasteiger partial charge in [0.05, 0.1) is 17.7 Å². The molecule has 2 rings (SSSR count). The van der Waals surface area contributed by atoms with Gasteiger partial charge >= 0.3 is 0 Å². The Morgan fingerprint density at radius 3 is 3.00 bits per heavy atom. The molecular weight excluding hydrogens is 322 g/mol. The van der Waals surface area contributed by atoms with Crippen molar-refractivity contribution in [3.8, 4) is 5.75 Å². The van der Waals surface area contributed by atoms with E-state index >= 15 is 0 Å². The summed E-state index contributed by atoms with van der Waals surface area (Å²) in [7, 11) is 0. The molecule has 20 heavy (non-hydrogen) atoms. The van der Waals surface area contributed by atoms with Crippen LogP contribution in [0.4, 0.5) is 0 Å². The van der Waals surface area contributed by atoms with Crippen molar-refractivity contribution < 1.29 is 14.6 Å². The van der Waals surface area contributed by atoms with Crippen LogP contribution in [0.3, 0.4) is 0 Å². The molecule has 1 aliphatic rings. The van der Waals surface area contributed by atoms with Crippen LogP contribution in [0.1, 0.15) is 19.4 Å². The van der Waals surface area contributed by atoms with Gasteiger partial charge in [0.25, 0.3) is 0 Å². The Hall–Kier alpha value is -0.620. The van der Waals surface area contributed by atoms with Gasteiger partial charge in [0.2, 0.25) is 0 Å². The Morgan fingerprint density at radius 2 is 2.30 bits per heavy atom. The van der Waals surface area contributed by atoms with Crippen molar-refractivity contribution in [1.82, 2.24) is 4.90 Å². The molecule has 1 heterocycles. The Bertz CT molecular complexity index is 439. The van der Waals surface area contributed by atoms with Crippen molar-refractivity contribution in [2.75, 3.05) is 26.3 Å². The highest BCUT2D eigenvalue weighted by molar-refractivity contribution is 9.10. The monoisotopic (exact) mass is 343 g/mol. The number of rotatable bonds is 5. The molecule has 1 N–H and O–H groups in total. The maximum Gasteiger partial charge on any atom is 0.139 e. The molecule has 0 spiro atoms. The third-order valence-electron chi connectivity index (χ3n) is 3.53.